The van der Waals surface area contributed by atoms with Crippen LogP contribution in [0.15, 0.2) is 30.3 Å². The van der Waals surface area contributed by atoms with E-state index in [2.05, 4.69) is 5.32 Å². The van der Waals surface area contributed by atoms with Gasteiger partial charge in [-0.25, -0.2) is 17.6 Å². The van der Waals surface area contributed by atoms with Gasteiger partial charge >= 0.3 is 0 Å². The van der Waals surface area contributed by atoms with Crippen LogP contribution in [0.5, 0.6) is 0 Å². The van der Waals surface area contributed by atoms with Crippen molar-refractivity contribution < 1.29 is 17.6 Å². The quantitative estimate of drug-likeness (QED) is 0.687. The monoisotopic (exact) mass is 280 g/mol. The Bertz CT molecular complexity index is 692. The average molecular weight is 280 g/mol. The van der Waals surface area contributed by atoms with E-state index in [1.54, 1.807) is 0 Å². The average Bonchev–Trinajstić information content (AvgIpc) is 2.41. The fourth-order valence-electron chi connectivity index (χ4n) is 1.67. The van der Waals surface area contributed by atoms with Gasteiger partial charge in [-0.2, -0.15) is 5.26 Å². The Morgan fingerprint density at radius 1 is 0.950 bits per heavy atom. The Hall–Kier alpha value is -2.55. The highest BCUT2D eigenvalue weighted by Gasteiger charge is 2.10. The fraction of sp³-hybridized carbons (Fsp3) is 0.0714. The van der Waals surface area contributed by atoms with Gasteiger partial charge in [-0.3, -0.25) is 0 Å². The molecule has 2 nitrogen and oxygen atoms in total. The van der Waals surface area contributed by atoms with Crippen molar-refractivity contribution in [3.8, 4) is 6.07 Å². The summed E-state index contributed by atoms with van der Waals surface area (Å²) in [5, 5.41) is 11.4. The van der Waals surface area contributed by atoms with E-state index in [-0.39, 0.29) is 23.4 Å². The first kappa shape index (κ1) is 13.9. The number of rotatable bonds is 3. The van der Waals surface area contributed by atoms with Crippen LogP contribution in [-0.2, 0) is 6.54 Å². The molecule has 2 aromatic rings. The molecule has 0 fully saturated rings. The molecule has 0 heterocycles. The van der Waals surface area contributed by atoms with Gasteiger partial charge in [0.2, 0.25) is 0 Å². The highest BCUT2D eigenvalue weighted by Crippen LogP contribution is 2.20. The number of anilines is 1. The van der Waals surface area contributed by atoms with Gasteiger partial charge in [0, 0.05) is 18.7 Å². The molecule has 0 amide bonds. The smallest absolute Gasteiger partial charge is 0.161 e. The summed E-state index contributed by atoms with van der Waals surface area (Å²) in [7, 11) is 0. The van der Waals surface area contributed by atoms with E-state index in [0.29, 0.717) is 12.1 Å². The van der Waals surface area contributed by atoms with Crippen LogP contribution >= 0.6 is 0 Å². The first-order valence-electron chi connectivity index (χ1n) is 5.58. The number of nitriles is 1. The molecule has 0 aliphatic heterocycles. The highest BCUT2D eigenvalue weighted by molar-refractivity contribution is 5.47. The number of benzene rings is 2. The molecule has 0 aliphatic rings. The van der Waals surface area contributed by atoms with Crippen LogP contribution in [-0.4, -0.2) is 0 Å². The molecule has 2 rings (SSSR count). The predicted molar refractivity (Wildman–Crippen MR) is 64.8 cm³/mol. The summed E-state index contributed by atoms with van der Waals surface area (Å²) >= 11 is 0. The zero-order valence-corrected chi connectivity index (χ0v) is 10.1. The summed E-state index contributed by atoms with van der Waals surface area (Å²) in [5.41, 5.74) is 0.232. The summed E-state index contributed by atoms with van der Waals surface area (Å²) in [4.78, 5) is 0. The third kappa shape index (κ3) is 2.88. The molecule has 1 N–H and O–H groups in total. The Morgan fingerprint density at radius 2 is 1.65 bits per heavy atom. The Morgan fingerprint density at radius 3 is 2.35 bits per heavy atom. The van der Waals surface area contributed by atoms with Crippen molar-refractivity contribution in [3.63, 3.8) is 0 Å². The second kappa shape index (κ2) is 5.61. The Kier molecular flexibility index (Phi) is 3.89. The van der Waals surface area contributed by atoms with Crippen LogP contribution in [0.1, 0.15) is 11.1 Å². The van der Waals surface area contributed by atoms with Gasteiger partial charge in [0.05, 0.1) is 17.3 Å². The second-order valence-electron chi connectivity index (χ2n) is 4.01. The summed E-state index contributed by atoms with van der Waals surface area (Å²) in [6, 6.07) is 6.46. The Labute approximate surface area is 112 Å². The minimum atomic E-state index is -1.29. The zero-order valence-electron chi connectivity index (χ0n) is 10.1. The van der Waals surface area contributed by atoms with Gasteiger partial charge < -0.3 is 5.32 Å². The van der Waals surface area contributed by atoms with Crippen molar-refractivity contribution in [2.45, 2.75) is 6.54 Å². The molecular weight excluding hydrogens is 272 g/mol. The van der Waals surface area contributed by atoms with Gasteiger partial charge in [0.1, 0.15) is 11.6 Å². The fourth-order valence-corrected chi connectivity index (χ4v) is 1.67. The van der Waals surface area contributed by atoms with Gasteiger partial charge in [-0.05, 0) is 23.8 Å². The van der Waals surface area contributed by atoms with Crippen LogP contribution < -0.4 is 5.32 Å². The van der Waals surface area contributed by atoms with E-state index >= 15 is 0 Å². The molecule has 0 radical (unpaired) electrons. The molecule has 0 bridgehead atoms. The molecule has 2 aromatic carbocycles. The lowest BCUT2D eigenvalue weighted by Crippen LogP contribution is -2.05. The maximum atomic E-state index is 13.4. The molecule has 0 unspecified atom stereocenters. The van der Waals surface area contributed by atoms with E-state index in [1.165, 1.54) is 6.07 Å². The Balaban J connectivity index is 2.23. The number of nitrogens with one attached hydrogen (secondary N) is 1. The molecule has 0 aliphatic carbocycles. The summed E-state index contributed by atoms with van der Waals surface area (Å²) in [5.74, 6) is -4.02. The van der Waals surface area contributed by atoms with Crippen molar-refractivity contribution in [1.29, 1.82) is 5.26 Å². The SMILES string of the molecule is N#Cc1ccc(F)cc1CNc1cc(F)c(F)cc1F. The maximum absolute atomic E-state index is 13.4. The van der Waals surface area contributed by atoms with Crippen molar-refractivity contribution >= 4 is 5.69 Å². The minimum absolute atomic E-state index is 0.0946. The molecule has 6 heteroatoms. The van der Waals surface area contributed by atoms with Gasteiger partial charge in [0.15, 0.2) is 11.6 Å². The zero-order chi connectivity index (χ0) is 14.7. The first-order chi connectivity index (χ1) is 9.51. The van der Waals surface area contributed by atoms with E-state index in [1.807, 2.05) is 6.07 Å². The maximum Gasteiger partial charge on any atom is 0.161 e. The van der Waals surface area contributed by atoms with E-state index < -0.39 is 23.3 Å². The van der Waals surface area contributed by atoms with Crippen LogP contribution in [0.3, 0.4) is 0 Å². The van der Waals surface area contributed by atoms with Crippen LogP contribution in [0.2, 0.25) is 0 Å². The van der Waals surface area contributed by atoms with Crippen molar-refractivity contribution in [3.05, 3.63) is 64.7 Å². The number of halogens is 4. The van der Waals surface area contributed by atoms with Crippen LogP contribution in [0.25, 0.3) is 0 Å². The lowest BCUT2D eigenvalue weighted by atomic mass is 10.1. The van der Waals surface area contributed by atoms with Gasteiger partial charge in [0.25, 0.3) is 0 Å². The molecule has 0 saturated heterocycles. The molecule has 0 aromatic heterocycles. The molecule has 0 saturated carbocycles. The molecular formula is C14H8F4N2. The standard InChI is InChI=1S/C14H8F4N2/c15-10-2-1-8(6-19)9(3-10)7-20-14-5-12(17)11(16)4-13(14)18/h1-5,20H,7H2. The third-order valence-corrected chi connectivity index (χ3v) is 2.67. The molecule has 0 atom stereocenters. The normalized spacial score (nSPS) is 10.2. The van der Waals surface area contributed by atoms with E-state index in [4.69, 9.17) is 5.26 Å². The lowest BCUT2D eigenvalue weighted by Gasteiger charge is -2.09. The van der Waals surface area contributed by atoms with E-state index in [9.17, 15) is 17.6 Å². The largest absolute Gasteiger partial charge is 0.378 e. The summed E-state index contributed by atoms with van der Waals surface area (Å²) < 4.78 is 52.2. The van der Waals surface area contributed by atoms with Crippen LogP contribution in [0, 0.1) is 34.6 Å². The topological polar surface area (TPSA) is 35.8 Å². The van der Waals surface area contributed by atoms with Gasteiger partial charge in [-0.1, -0.05) is 0 Å². The van der Waals surface area contributed by atoms with E-state index in [0.717, 1.165) is 12.1 Å². The lowest BCUT2D eigenvalue weighted by molar-refractivity contribution is 0.496. The first-order valence-corrected chi connectivity index (χ1v) is 5.58. The van der Waals surface area contributed by atoms with Gasteiger partial charge in [-0.15, -0.1) is 0 Å². The van der Waals surface area contributed by atoms with Crippen molar-refractivity contribution in [2.75, 3.05) is 5.32 Å². The summed E-state index contributed by atoms with van der Waals surface area (Å²) in [6.45, 7) is -0.0946. The second-order valence-corrected chi connectivity index (χ2v) is 4.01. The third-order valence-electron chi connectivity index (χ3n) is 2.67. The molecule has 102 valence electrons. The molecule has 0 spiro atoms. The van der Waals surface area contributed by atoms with Crippen LogP contribution in [0.4, 0.5) is 23.2 Å². The van der Waals surface area contributed by atoms with Crippen molar-refractivity contribution in [1.82, 2.24) is 0 Å². The predicted octanol–water partition coefficient (Wildman–Crippen LogP) is 3.73. The highest BCUT2D eigenvalue weighted by atomic mass is 19.2. The van der Waals surface area contributed by atoms with Crippen molar-refractivity contribution in [2.24, 2.45) is 0 Å². The minimum Gasteiger partial charge on any atom is -0.378 e. The summed E-state index contributed by atoms with van der Waals surface area (Å²) in [6.07, 6.45) is 0. The molecule has 20 heavy (non-hydrogen) atoms. The number of nitrogens with zero attached hydrogens (tertiary/aromatic N) is 1. The number of hydrogen-bond acceptors (Lipinski definition) is 2. The number of hydrogen-bond donors (Lipinski definition) is 1.